The third-order valence-electron chi connectivity index (χ3n) is 1.60. The molecule has 0 aliphatic heterocycles. The molecule has 0 aliphatic carbocycles. The zero-order valence-electron chi connectivity index (χ0n) is 7.96. The monoisotopic (exact) mass is 193 g/mol. The van der Waals surface area contributed by atoms with E-state index in [2.05, 4.69) is 32.2 Å². The summed E-state index contributed by atoms with van der Waals surface area (Å²) in [6.07, 6.45) is 2.17. The maximum absolute atomic E-state index is 2.32. The maximum atomic E-state index is 2.32. The van der Waals surface area contributed by atoms with Crippen molar-refractivity contribution >= 4 is 23.5 Å². The zero-order valence-corrected chi connectivity index (χ0v) is 9.60. The van der Waals surface area contributed by atoms with Crippen molar-refractivity contribution in [3.05, 3.63) is 0 Å². The van der Waals surface area contributed by atoms with E-state index < -0.39 is 0 Å². The lowest BCUT2D eigenvalue weighted by molar-refractivity contribution is 0.345. The van der Waals surface area contributed by atoms with Crippen LogP contribution in [0.1, 0.15) is 6.92 Å². The van der Waals surface area contributed by atoms with Crippen LogP contribution < -0.4 is 0 Å². The third-order valence-corrected chi connectivity index (χ3v) is 3.35. The van der Waals surface area contributed by atoms with Gasteiger partial charge in [-0.05, 0) is 26.1 Å². The smallest absolute Gasteiger partial charge is 0.0270 e. The summed E-state index contributed by atoms with van der Waals surface area (Å²) in [5.74, 6) is 3.75. The highest BCUT2D eigenvalue weighted by Gasteiger charge is 2.08. The second-order valence-electron chi connectivity index (χ2n) is 2.73. The molecular formula is C8H19NS2. The van der Waals surface area contributed by atoms with Gasteiger partial charge in [0, 0.05) is 17.5 Å². The number of nitrogens with zero attached hydrogens (tertiary/aromatic N) is 1. The zero-order chi connectivity index (χ0) is 8.69. The lowest BCUT2D eigenvalue weighted by Gasteiger charge is -2.22. The molecule has 0 saturated heterocycles. The van der Waals surface area contributed by atoms with Crippen LogP contribution >= 0.6 is 23.5 Å². The SMILES string of the molecule is CCSCC(CSC)N(C)C. The Balaban J connectivity index is 3.51. The first-order valence-corrected chi connectivity index (χ1v) is 6.50. The molecule has 0 aromatic heterocycles. The molecule has 0 fully saturated rings. The first kappa shape index (κ1) is 11.7. The van der Waals surface area contributed by atoms with Crippen LogP contribution in [-0.4, -0.2) is 48.6 Å². The molecule has 0 N–H and O–H groups in total. The van der Waals surface area contributed by atoms with E-state index in [0.29, 0.717) is 0 Å². The van der Waals surface area contributed by atoms with Crippen molar-refractivity contribution in [3.63, 3.8) is 0 Å². The fourth-order valence-electron chi connectivity index (χ4n) is 0.793. The summed E-state index contributed by atoms with van der Waals surface area (Å²) in [5, 5.41) is 0. The molecule has 1 unspecified atom stereocenters. The average Bonchev–Trinajstić information content (AvgIpc) is 1.97. The van der Waals surface area contributed by atoms with Gasteiger partial charge in [-0.2, -0.15) is 23.5 Å². The van der Waals surface area contributed by atoms with E-state index in [4.69, 9.17) is 0 Å². The molecule has 0 rings (SSSR count). The Morgan fingerprint density at radius 1 is 1.27 bits per heavy atom. The van der Waals surface area contributed by atoms with Gasteiger partial charge in [0.25, 0.3) is 0 Å². The maximum Gasteiger partial charge on any atom is 0.0270 e. The molecule has 1 nitrogen and oxygen atoms in total. The van der Waals surface area contributed by atoms with Crippen LogP contribution in [0.2, 0.25) is 0 Å². The van der Waals surface area contributed by atoms with Gasteiger partial charge in [0.1, 0.15) is 0 Å². The van der Waals surface area contributed by atoms with Crippen molar-refractivity contribution in [1.29, 1.82) is 0 Å². The van der Waals surface area contributed by atoms with E-state index >= 15 is 0 Å². The van der Waals surface area contributed by atoms with Gasteiger partial charge in [0.15, 0.2) is 0 Å². The van der Waals surface area contributed by atoms with Crippen molar-refractivity contribution < 1.29 is 0 Å². The van der Waals surface area contributed by atoms with E-state index in [0.717, 1.165) is 6.04 Å². The summed E-state index contributed by atoms with van der Waals surface area (Å²) in [6, 6.07) is 0.745. The highest BCUT2D eigenvalue weighted by Crippen LogP contribution is 2.09. The summed E-state index contributed by atoms with van der Waals surface area (Å²) in [5.41, 5.74) is 0. The summed E-state index contributed by atoms with van der Waals surface area (Å²) < 4.78 is 0. The molecule has 0 aromatic carbocycles. The molecule has 3 heteroatoms. The van der Waals surface area contributed by atoms with Crippen LogP contribution in [0.4, 0.5) is 0 Å². The molecular weight excluding hydrogens is 174 g/mol. The Bertz CT molecular complexity index is 86.2. The first-order valence-electron chi connectivity index (χ1n) is 3.95. The summed E-state index contributed by atoms with van der Waals surface area (Å²) in [4.78, 5) is 2.32. The van der Waals surface area contributed by atoms with Crippen molar-refractivity contribution in [2.75, 3.05) is 37.6 Å². The van der Waals surface area contributed by atoms with Crippen LogP contribution in [0.15, 0.2) is 0 Å². The fourth-order valence-corrected chi connectivity index (χ4v) is 2.67. The van der Waals surface area contributed by atoms with Gasteiger partial charge < -0.3 is 4.90 Å². The summed E-state index contributed by atoms with van der Waals surface area (Å²) >= 11 is 3.96. The van der Waals surface area contributed by atoms with Gasteiger partial charge in [-0.25, -0.2) is 0 Å². The van der Waals surface area contributed by atoms with Crippen molar-refractivity contribution in [2.24, 2.45) is 0 Å². The third kappa shape index (κ3) is 5.88. The quantitative estimate of drug-likeness (QED) is 0.635. The second-order valence-corrected chi connectivity index (χ2v) is 4.96. The predicted octanol–water partition coefficient (Wildman–Crippen LogP) is 2.03. The van der Waals surface area contributed by atoms with Crippen LogP contribution in [0, 0.1) is 0 Å². The van der Waals surface area contributed by atoms with Crippen LogP contribution in [-0.2, 0) is 0 Å². The predicted molar refractivity (Wildman–Crippen MR) is 58.9 cm³/mol. The van der Waals surface area contributed by atoms with Crippen LogP contribution in [0.25, 0.3) is 0 Å². The largest absolute Gasteiger partial charge is 0.305 e. The highest BCUT2D eigenvalue weighted by atomic mass is 32.2. The first-order chi connectivity index (χ1) is 5.22. The molecule has 0 heterocycles. The van der Waals surface area contributed by atoms with Gasteiger partial charge in [0.2, 0.25) is 0 Å². The van der Waals surface area contributed by atoms with Gasteiger partial charge in [0.05, 0.1) is 0 Å². The van der Waals surface area contributed by atoms with Crippen LogP contribution in [0.5, 0.6) is 0 Å². The standard InChI is InChI=1S/C8H19NS2/c1-5-11-7-8(6-10-4)9(2)3/h8H,5-7H2,1-4H3. The minimum Gasteiger partial charge on any atom is -0.305 e. The fraction of sp³-hybridized carbons (Fsp3) is 1.00. The number of rotatable bonds is 6. The van der Waals surface area contributed by atoms with Gasteiger partial charge in [-0.1, -0.05) is 6.92 Å². The molecule has 0 saturated carbocycles. The molecule has 0 amide bonds. The lowest BCUT2D eigenvalue weighted by Crippen LogP contribution is -2.32. The Morgan fingerprint density at radius 3 is 2.27 bits per heavy atom. The molecule has 0 radical (unpaired) electrons. The molecule has 68 valence electrons. The number of hydrogen-bond acceptors (Lipinski definition) is 3. The van der Waals surface area contributed by atoms with Crippen molar-refractivity contribution in [3.8, 4) is 0 Å². The number of thioether (sulfide) groups is 2. The van der Waals surface area contributed by atoms with Gasteiger partial charge in [-0.3, -0.25) is 0 Å². The molecule has 0 spiro atoms. The van der Waals surface area contributed by atoms with Crippen molar-refractivity contribution in [1.82, 2.24) is 4.90 Å². The highest BCUT2D eigenvalue weighted by molar-refractivity contribution is 7.99. The molecule has 1 atom stereocenters. The minimum atomic E-state index is 0.745. The van der Waals surface area contributed by atoms with E-state index in [9.17, 15) is 0 Å². The summed E-state index contributed by atoms with van der Waals surface area (Å²) in [6.45, 7) is 2.22. The average molecular weight is 193 g/mol. The van der Waals surface area contributed by atoms with Gasteiger partial charge in [-0.15, -0.1) is 0 Å². The van der Waals surface area contributed by atoms with E-state index in [1.807, 2.05) is 23.5 Å². The van der Waals surface area contributed by atoms with Crippen molar-refractivity contribution in [2.45, 2.75) is 13.0 Å². The molecule has 0 aliphatic rings. The Kier molecular flexibility index (Phi) is 7.76. The van der Waals surface area contributed by atoms with Gasteiger partial charge >= 0.3 is 0 Å². The number of hydrogen-bond donors (Lipinski definition) is 0. The Morgan fingerprint density at radius 2 is 1.91 bits per heavy atom. The Hall–Kier alpha value is 0.660. The minimum absolute atomic E-state index is 0.745. The molecule has 11 heavy (non-hydrogen) atoms. The normalized spacial score (nSPS) is 13.9. The van der Waals surface area contributed by atoms with E-state index in [1.54, 1.807) is 0 Å². The van der Waals surface area contributed by atoms with E-state index in [-0.39, 0.29) is 0 Å². The topological polar surface area (TPSA) is 3.24 Å². The van der Waals surface area contributed by atoms with E-state index in [1.165, 1.54) is 17.3 Å². The molecule has 0 aromatic rings. The molecule has 0 bridgehead atoms. The Labute approximate surface area is 79.3 Å². The summed E-state index contributed by atoms with van der Waals surface area (Å²) in [7, 11) is 4.33. The second kappa shape index (κ2) is 7.32. The van der Waals surface area contributed by atoms with Crippen LogP contribution in [0.3, 0.4) is 0 Å². The lowest BCUT2D eigenvalue weighted by atomic mass is 10.4.